The second-order valence-electron chi connectivity index (χ2n) is 5.03. The number of pyridine rings is 1. The molecule has 21 heavy (non-hydrogen) atoms. The van der Waals surface area contributed by atoms with Crippen LogP contribution >= 0.6 is 15.9 Å². The molecule has 106 valence electrons. The van der Waals surface area contributed by atoms with Gasteiger partial charge in [0.1, 0.15) is 5.65 Å². The van der Waals surface area contributed by atoms with Crippen LogP contribution in [0.2, 0.25) is 0 Å². The van der Waals surface area contributed by atoms with Crippen LogP contribution in [0.4, 0.5) is 0 Å². The number of rotatable bonds is 2. The average molecular weight is 344 g/mol. The first-order chi connectivity index (χ1) is 10.1. The van der Waals surface area contributed by atoms with Gasteiger partial charge >= 0.3 is 0 Å². The van der Waals surface area contributed by atoms with Crippen molar-refractivity contribution in [1.29, 1.82) is 0 Å². The minimum atomic E-state index is 0.00453. The zero-order valence-electron chi connectivity index (χ0n) is 11.7. The van der Waals surface area contributed by atoms with E-state index in [1.54, 1.807) is 25.2 Å². The summed E-state index contributed by atoms with van der Waals surface area (Å²) in [7, 11) is 3.50. The molecular weight excluding hydrogens is 330 g/mol. The molecule has 1 N–H and O–H groups in total. The Bertz CT molecular complexity index is 806. The summed E-state index contributed by atoms with van der Waals surface area (Å²) in [5.41, 5.74) is 3.66. The molecule has 0 aliphatic heterocycles. The van der Waals surface area contributed by atoms with E-state index in [1.165, 1.54) is 0 Å². The van der Waals surface area contributed by atoms with Crippen LogP contribution in [-0.2, 0) is 0 Å². The van der Waals surface area contributed by atoms with Gasteiger partial charge in [0.05, 0.1) is 0 Å². The highest BCUT2D eigenvalue weighted by Gasteiger charge is 2.10. The Morgan fingerprint density at radius 1 is 1.24 bits per heavy atom. The molecule has 1 aromatic carbocycles. The van der Waals surface area contributed by atoms with E-state index < -0.39 is 0 Å². The highest BCUT2D eigenvalue weighted by atomic mass is 79.9. The maximum atomic E-state index is 11.9. The van der Waals surface area contributed by atoms with Crippen LogP contribution in [0.25, 0.3) is 22.2 Å². The van der Waals surface area contributed by atoms with E-state index in [0.29, 0.717) is 5.56 Å². The molecule has 5 heteroatoms. The highest BCUT2D eigenvalue weighted by Crippen LogP contribution is 2.29. The van der Waals surface area contributed by atoms with Crippen LogP contribution in [0, 0.1) is 0 Å². The molecule has 3 aromatic rings. The van der Waals surface area contributed by atoms with Crippen molar-refractivity contribution in [3.63, 3.8) is 0 Å². The number of halogens is 1. The summed E-state index contributed by atoms with van der Waals surface area (Å²) in [6.07, 6.45) is 3.70. The zero-order chi connectivity index (χ0) is 15.0. The molecule has 2 heterocycles. The topological polar surface area (TPSA) is 49.0 Å². The Morgan fingerprint density at radius 2 is 1.95 bits per heavy atom. The van der Waals surface area contributed by atoms with Crippen LogP contribution in [0.15, 0.2) is 47.2 Å². The Hall–Kier alpha value is -2.14. The molecule has 0 fully saturated rings. The number of aromatic amines is 1. The van der Waals surface area contributed by atoms with Crippen LogP contribution < -0.4 is 0 Å². The van der Waals surface area contributed by atoms with Gasteiger partial charge in [0.15, 0.2) is 0 Å². The number of nitrogens with one attached hydrogen (secondary N) is 1. The fourth-order valence-corrected chi connectivity index (χ4v) is 2.60. The first-order valence-corrected chi connectivity index (χ1v) is 7.30. The van der Waals surface area contributed by atoms with Gasteiger partial charge in [0, 0.05) is 47.5 Å². The minimum Gasteiger partial charge on any atom is -0.346 e. The first-order valence-electron chi connectivity index (χ1n) is 6.51. The van der Waals surface area contributed by atoms with Crippen LogP contribution in [0.5, 0.6) is 0 Å². The van der Waals surface area contributed by atoms with Gasteiger partial charge < -0.3 is 9.88 Å². The molecule has 0 spiro atoms. The standard InChI is InChI=1S/C16H14BrN3O/c1-20(2)16(21)11-5-3-10(4-6-11)14-9-19-15-13(14)7-12(17)8-18-15/h3-9H,1-2H3,(H,18,19). The van der Waals surface area contributed by atoms with Crippen molar-refractivity contribution in [2.75, 3.05) is 14.1 Å². The SMILES string of the molecule is CN(C)C(=O)c1ccc(-c2c[nH]c3ncc(Br)cc23)cc1. The third-order valence-corrected chi connectivity index (χ3v) is 3.78. The molecule has 0 unspecified atom stereocenters. The van der Waals surface area contributed by atoms with E-state index in [4.69, 9.17) is 0 Å². The van der Waals surface area contributed by atoms with Crippen molar-refractivity contribution in [2.45, 2.75) is 0 Å². The molecule has 4 nitrogen and oxygen atoms in total. The lowest BCUT2D eigenvalue weighted by molar-refractivity contribution is 0.0827. The van der Waals surface area contributed by atoms with Gasteiger partial charge in [0.2, 0.25) is 0 Å². The van der Waals surface area contributed by atoms with Gasteiger partial charge in [-0.15, -0.1) is 0 Å². The number of aromatic nitrogens is 2. The molecule has 0 radical (unpaired) electrons. The summed E-state index contributed by atoms with van der Waals surface area (Å²) >= 11 is 3.44. The Morgan fingerprint density at radius 3 is 2.62 bits per heavy atom. The molecule has 0 aliphatic carbocycles. The van der Waals surface area contributed by atoms with E-state index in [1.807, 2.05) is 36.5 Å². The molecule has 2 aromatic heterocycles. The fourth-order valence-electron chi connectivity index (χ4n) is 2.27. The largest absolute Gasteiger partial charge is 0.346 e. The van der Waals surface area contributed by atoms with Crippen molar-refractivity contribution < 1.29 is 4.79 Å². The summed E-state index contributed by atoms with van der Waals surface area (Å²) in [4.78, 5) is 21.0. The number of H-pyrrole nitrogens is 1. The molecule has 3 rings (SSSR count). The average Bonchev–Trinajstić information content (AvgIpc) is 2.89. The predicted octanol–water partition coefficient (Wildman–Crippen LogP) is 3.69. The molecule has 0 saturated carbocycles. The number of carbonyl (C=O) groups is 1. The van der Waals surface area contributed by atoms with E-state index in [-0.39, 0.29) is 5.91 Å². The van der Waals surface area contributed by atoms with Crippen molar-refractivity contribution >= 4 is 32.9 Å². The van der Waals surface area contributed by atoms with Crippen molar-refractivity contribution in [3.05, 3.63) is 52.8 Å². The van der Waals surface area contributed by atoms with Gasteiger partial charge in [-0.2, -0.15) is 0 Å². The summed E-state index contributed by atoms with van der Waals surface area (Å²) in [6, 6.07) is 9.65. The maximum absolute atomic E-state index is 11.9. The molecule has 0 saturated heterocycles. The first kappa shape index (κ1) is 13.8. The van der Waals surface area contributed by atoms with Crippen LogP contribution in [-0.4, -0.2) is 34.9 Å². The molecule has 0 atom stereocenters. The summed E-state index contributed by atoms with van der Waals surface area (Å²) < 4.78 is 0.940. The lowest BCUT2D eigenvalue weighted by Gasteiger charge is -2.10. The summed E-state index contributed by atoms with van der Waals surface area (Å²) in [5, 5.41) is 1.05. The Labute approximate surface area is 130 Å². The zero-order valence-corrected chi connectivity index (χ0v) is 13.3. The van der Waals surface area contributed by atoms with E-state index >= 15 is 0 Å². The van der Waals surface area contributed by atoms with Gasteiger partial charge in [0.25, 0.3) is 5.91 Å². The van der Waals surface area contributed by atoms with Gasteiger partial charge in [-0.25, -0.2) is 4.98 Å². The predicted molar refractivity (Wildman–Crippen MR) is 87.2 cm³/mol. The van der Waals surface area contributed by atoms with Crippen molar-refractivity contribution in [1.82, 2.24) is 14.9 Å². The molecule has 0 bridgehead atoms. The number of nitrogens with zero attached hydrogens (tertiary/aromatic N) is 2. The lowest BCUT2D eigenvalue weighted by atomic mass is 10.0. The number of carbonyl (C=O) groups excluding carboxylic acids is 1. The third-order valence-electron chi connectivity index (χ3n) is 3.35. The number of amides is 1. The number of fused-ring (bicyclic) bond motifs is 1. The van der Waals surface area contributed by atoms with E-state index in [9.17, 15) is 4.79 Å². The third kappa shape index (κ3) is 2.56. The van der Waals surface area contributed by atoms with Gasteiger partial charge in [-0.05, 0) is 39.7 Å². The smallest absolute Gasteiger partial charge is 0.253 e. The highest BCUT2D eigenvalue weighted by molar-refractivity contribution is 9.10. The maximum Gasteiger partial charge on any atom is 0.253 e. The normalized spacial score (nSPS) is 10.8. The number of hydrogen-bond acceptors (Lipinski definition) is 2. The van der Waals surface area contributed by atoms with Gasteiger partial charge in [-0.3, -0.25) is 4.79 Å². The lowest BCUT2D eigenvalue weighted by Crippen LogP contribution is -2.21. The second kappa shape index (κ2) is 5.33. The monoisotopic (exact) mass is 343 g/mol. The van der Waals surface area contributed by atoms with E-state index in [0.717, 1.165) is 26.6 Å². The minimum absolute atomic E-state index is 0.00453. The number of benzene rings is 1. The molecule has 0 aliphatic rings. The summed E-state index contributed by atoms with van der Waals surface area (Å²) in [5.74, 6) is 0.00453. The Balaban J connectivity index is 2.03. The Kier molecular flexibility index (Phi) is 3.51. The fraction of sp³-hybridized carbons (Fsp3) is 0.125. The molecular formula is C16H14BrN3O. The van der Waals surface area contributed by atoms with Crippen molar-refractivity contribution in [2.24, 2.45) is 0 Å². The second-order valence-corrected chi connectivity index (χ2v) is 5.94. The number of hydrogen-bond donors (Lipinski definition) is 1. The molecule has 1 amide bonds. The van der Waals surface area contributed by atoms with Gasteiger partial charge in [-0.1, -0.05) is 12.1 Å². The van der Waals surface area contributed by atoms with Crippen molar-refractivity contribution in [3.8, 4) is 11.1 Å². The van der Waals surface area contributed by atoms with Crippen LogP contribution in [0.1, 0.15) is 10.4 Å². The summed E-state index contributed by atoms with van der Waals surface area (Å²) in [6.45, 7) is 0. The van der Waals surface area contributed by atoms with E-state index in [2.05, 4.69) is 25.9 Å². The quantitative estimate of drug-likeness (QED) is 0.771. The van der Waals surface area contributed by atoms with Crippen LogP contribution in [0.3, 0.4) is 0 Å².